The van der Waals surface area contributed by atoms with E-state index in [0.29, 0.717) is 22.6 Å². The number of hydrazone groups is 1. The zero-order chi connectivity index (χ0) is 27.2. The molecule has 0 fully saturated rings. The van der Waals surface area contributed by atoms with Crippen LogP contribution in [0, 0.1) is 10.1 Å². The number of ether oxygens (including phenoxy) is 5. The molecule has 0 aromatic heterocycles. The number of rotatable bonds is 10. The number of hydrogen-bond acceptors (Lipinski definition) is 12. The summed E-state index contributed by atoms with van der Waals surface area (Å²) in [6, 6.07) is 5.24. The van der Waals surface area contributed by atoms with E-state index in [0.717, 1.165) is 6.07 Å². The molecule has 14 nitrogen and oxygen atoms in total. The van der Waals surface area contributed by atoms with Crippen LogP contribution in [0.3, 0.4) is 0 Å². The smallest absolute Gasteiger partial charge is 0.356 e. The van der Waals surface area contributed by atoms with Crippen LogP contribution < -0.4 is 24.4 Å². The Labute approximate surface area is 216 Å². The molecule has 14 heteroatoms. The Balaban J connectivity index is 1.63. The average molecular weight is 528 g/mol. The molecular formula is C24H24N4O10. The van der Waals surface area contributed by atoms with Gasteiger partial charge in [-0.3, -0.25) is 14.9 Å². The van der Waals surface area contributed by atoms with Gasteiger partial charge in [0.1, 0.15) is 6.10 Å². The van der Waals surface area contributed by atoms with Gasteiger partial charge < -0.3 is 28.5 Å². The summed E-state index contributed by atoms with van der Waals surface area (Å²) in [5.41, 5.74) is 3.27. The van der Waals surface area contributed by atoms with Gasteiger partial charge in [-0.15, -0.1) is 0 Å². The van der Waals surface area contributed by atoms with Gasteiger partial charge >= 0.3 is 5.97 Å². The minimum absolute atomic E-state index is 0.0525. The van der Waals surface area contributed by atoms with Crippen LogP contribution in [-0.2, 0) is 20.8 Å². The maximum atomic E-state index is 12.6. The van der Waals surface area contributed by atoms with Crippen molar-refractivity contribution in [2.75, 3.05) is 27.6 Å². The number of benzene rings is 2. The van der Waals surface area contributed by atoms with Crippen molar-refractivity contribution in [1.29, 1.82) is 0 Å². The van der Waals surface area contributed by atoms with Gasteiger partial charge in [-0.25, -0.2) is 10.2 Å². The Morgan fingerprint density at radius 2 is 2.00 bits per heavy atom. The van der Waals surface area contributed by atoms with E-state index in [-0.39, 0.29) is 54.7 Å². The van der Waals surface area contributed by atoms with E-state index in [4.69, 9.17) is 28.5 Å². The fourth-order valence-corrected chi connectivity index (χ4v) is 3.97. The lowest BCUT2D eigenvalue weighted by Gasteiger charge is -2.19. The summed E-state index contributed by atoms with van der Waals surface area (Å²) in [7, 11) is 2.90. The van der Waals surface area contributed by atoms with Crippen molar-refractivity contribution < 1.29 is 43.0 Å². The van der Waals surface area contributed by atoms with Crippen molar-refractivity contribution in [3.8, 4) is 23.0 Å². The number of methoxy groups -OCH3 is 2. The standard InChI is InChI=1S/C24H24N4O10/c1-4-35-24(30)18-10-15(38-27-18)9-16-17(20-22(37-12-36-20)21(34-3)19(16)33-2)11-25-26-23(29)13-6-5-7-14(8-13)28(31)32/h5-8,11,15H,4,9-10,12H2,1-3H3,(H,26,29)/b25-11+/t15-/m0/s1. The van der Waals surface area contributed by atoms with Crippen molar-refractivity contribution >= 4 is 29.5 Å². The van der Waals surface area contributed by atoms with E-state index < -0.39 is 22.9 Å². The summed E-state index contributed by atoms with van der Waals surface area (Å²) in [5.74, 6) is -0.0251. The number of esters is 1. The molecule has 1 amide bonds. The molecule has 0 aliphatic carbocycles. The topological polar surface area (TPSA) is 169 Å². The number of nitro groups is 1. The van der Waals surface area contributed by atoms with Crippen LogP contribution in [-0.4, -0.2) is 62.4 Å². The molecule has 0 unspecified atom stereocenters. The van der Waals surface area contributed by atoms with Gasteiger partial charge in [0, 0.05) is 41.7 Å². The number of hydrogen-bond donors (Lipinski definition) is 1. The Morgan fingerprint density at radius 1 is 1.24 bits per heavy atom. The molecule has 1 N–H and O–H groups in total. The third kappa shape index (κ3) is 5.28. The third-order valence-electron chi connectivity index (χ3n) is 5.63. The predicted octanol–water partition coefficient (Wildman–Crippen LogP) is 2.36. The van der Waals surface area contributed by atoms with Crippen molar-refractivity contribution in [1.82, 2.24) is 5.43 Å². The zero-order valence-electron chi connectivity index (χ0n) is 20.7. The van der Waals surface area contributed by atoms with Crippen LogP contribution in [0.1, 0.15) is 34.8 Å². The normalized spacial score (nSPS) is 15.6. The molecule has 2 aliphatic rings. The molecule has 200 valence electrons. The number of non-ortho nitro benzene ring substituents is 1. The molecule has 2 heterocycles. The Hall–Kier alpha value is -4.88. The molecule has 1 atom stereocenters. The molecule has 2 aromatic rings. The van der Waals surface area contributed by atoms with E-state index in [1.807, 2.05) is 0 Å². The number of amides is 1. The van der Waals surface area contributed by atoms with Crippen LogP contribution in [0.2, 0.25) is 0 Å². The lowest BCUT2D eigenvalue weighted by atomic mass is 9.96. The largest absolute Gasteiger partial charge is 0.492 e. The summed E-state index contributed by atoms with van der Waals surface area (Å²) in [5, 5.41) is 18.9. The molecule has 0 saturated carbocycles. The highest BCUT2D eigenvalue weighted by atomic mass is 16.7. The van der Waals surface area contributed by atoms with Gasteiger partial charge in [0.25, 0.3) is 11.6 Å². The highest BCUT2D eigenvalue weighted by Gasteiger charge is 2.34. The van der Waals surface area contributed by atoms with E-state index >= 15 is 0 Å². The maximum absolute atomic E-state index is 12.6. The quantitative estimate of drug-likeness (QED) is 0.209. The SMILES string of the molecule is CCOC(=O)C1=NO[C@@H](Cc2c(/C=N/NC(=O)c3cccc([N+](=O)[O-])c3)c3c(c(OC)c2OC)OCO3)C1. The van der Waals surface area contributed by atoms with Crippen LogP contribution in [0.5, 0.6) is 23.0 Å². The van der Waals surface area contributed by atoms with Crippen molar-refractivity contribution in [2.24, 2.45) is 10.3 Å². The second kappa shape index (κ2) is 11.5. The first-order chi connectivity index (χ1) is 18.4. The number of carbonyl (C=O) groups is 2. The fraction of sp³-hybridized carbons (Fsp3) is 0.333. The van der Waals surface area contributed by atoms with Gasteiger partial charge in [0.2, 0.25) is 18.3 Å². The van der Waals surface area contributed by atoms with Gasteiger partial charge in [0.05, 0.1) is 32.0 Å². The second-order valence-corrected chi connectivity index (χ2v) is 7.92. The number of oxime groups is 1. The highest BCUT2D eigenvalue weighted by molar-refractivity contribution is 6.36. The van der Waals surface area contributed by atoms with Crippen LogP contribution in [0.25, 0.3) is 0 Å². The fourth-order valence-electron chi connectivity index (χ4n) is 3.97. The van der Waals surface area contributed by atoms with Crippen molar-refractivity contribution in [3.05, 3.63) is 51.1 Å². The predicted molar refractivity (Wildman–Crippen MR) is 131 cm³/mol. The third-order valence-corrected chi connectivity index (χ3v) is 5.63. The van der Waals surface area contributed by atoms with Gasteiger partial charge in [-0.1, -0.05) is 11.2 Å². The second-order valence-electron chi connectivity index (χ2n) is 7.92. The zero-order valence-corrected chi connectivity index (χ0v) is 20.7. The average Bonchev–Trinajstić information content (AvgIpc) is 3.59. The lowest BCUT2D eigenvalue weighted by Crippen LogP contribution is -2.20. The summed E-state index contributed by atoms with van der Waals surface area (Å²) >= 11 is 0. The van der Waals surface area contributed by atoms with E-state index in [1.165, 1.54) is 38.6 Å². The number of nitrogens with zero attached hydrogens (tertiary/aromatic N) is 3. The minimum Gasteiger partial charge on any atom is -0.492 e. The van der Waals surface area contributed by atoms with Crippen LogP contribution >= 0.6 is 0 Å². The first-order valence-corrected chi connectivity index (χ1v) is 11.4. The van der Waals surface area contributed by atoms with E-state index in [9.17, 15) is 19.7 Å². The minimum atomic E-state index is -0.660. The summed E-state index contributed by atoms with van der Waals surface area (Å²) in [6.45, 7) is 1.81. The molecule has 0 bridgehead atoms. The van der Waals surface area contributed by atoms with Crippen molar-refractivity contribution in [3.63, 3.8) is 0 Å². The molecule has 0 spiro atoms. The highest BCUT2D eigenvalue weighted by Crippen LogP contribution is 2.52. The number of carbonyl (C=O) groups excluding carboxylic acids is 2. The Bertz CT molecular complexity index is 1320. The molecule has 0 saturated heterocycles. The first-order valence-electron chi connectivity index (χ1n) is 11.4. The van der Waals surface area contributed by atoms with Gasteiger partial charge in [0.15, 0.2) is 17.2 Å². The maximum Gasteiger partial charge on any atom is 0.356 e. The van der Waals surface area contributed by atoms with Crippen molar-refractivity contribution in [2.45, 2.75) is 25.9 Å². The molecule has 2 aliphatic heterocycles. The lowest BCUT2D eigenvalue weighted by molar-refractivity contribution is -0.384. The number of nitro benzene ring substituents is 1. The molecule has 4 rings (SSSR count). The molecule has 0 radical (unpaired) electrons. The molecular weight excluding hydrogens is 504 g/mol. The molecule has 2 aromatic carbocycles. The van der Waals surface area contributed by atoms with E-state index in [2.05, 4.69) is 15.7 Å². The van der Waals surface area contributed by atoms with Crippen LogP contribution in [0.15, 0.2) is 34.5 Å². The van der Waals surface area contributed by atoms with Crippen LogP contribution in [0.4, 0.5) is 5.69 Å². The monoisotopic (exact) mass is 528 g/mol. The van der Waals surface area contributed by atoms with Gasteiger partial charge in [-0.05, 0) is 13.0 Å². The summed E-state index contributed by atoms with van der Waals surface area (Å²) in [6.07, 6.45) is 1.18. The van der Waals surface area contributed by atoms with E-state index in [1.54, 1.807) is 6.92 Å². The van der Waals surface area contributed by atoms with Gasteiger partial charge in [-0.2, -0.15) is 5.10 Å². The number of fused-ring (bicyclic) bond motifs is 1. The summed E-state index contributed by atoms with van der Waals surface area (Å²) < 4.78 is 27.4. The number of nitrogens with one attached hydrogen (secondary N) is 1. The Morgan fingerprint density at radius 3 is 2.71 bits per heavy atom. The summed E-state index contributed by atoms with van der Waals surface area (Å²) in [4.78, 5) is 40.5. The molecule has 38 heavy (non-hydrogen) atoms. The first kappa shape index (κ1) is 26.2. The Kier molecular flexibility index (Phi) is 7.89.